The fourth-order valence-electron chi connectivity index (χ4n) is 1.55. The number of carbonyl (C=O) groups is 1. The van der Waals surface area contributed by atoms with Gasteiger partial charge in [0, 0.05) is 18.8 Å². The number of imidazole rings is 1. The van der Waals surface area contributed by atoms with Gasteiger partial charge in [-0.1, -0.05) is 0 Å². The number of nitrogens with zero attached hydrogens (tertiary/aromatic N) is 2. The summed E-state index contributed by atoms with van der Waals surface area (Å²) in [6.45, 7) is 1.74. The van der Waals surface area contributed by atoms with Crippen LogP contribution in [0, 0.1) is 6.92 Å². The summed E-state index contributed by atoms with van der Waals surface area (Å²) in [6.07, 6.45) is 3.88. The molecule has 0 aliphatic heterocycles. The molecule has 16 heavy (non-hydrogen) atoms. The molecule has 0 unspecified atom stereocenters. The summed E-state index contributed by atoms with van der Waals surface area (Å²) in [6, 6.07) is 3.70. The number of hydrogen-bond donors (Lipinski definition) is 2. The first-order chi connectivity index (χ1) is 7.66. The zero-order valence-electron chi connectivity index (χ0n) is 8.77. The van der Waals surface area contributed by atoms with Crippen molar-refractivity contribution in [3.05, 3.63) is 47.3 Å². The fourth-order valence-corrected chi connectivity index (χ4v) is 1.55. The van der Waals surface area contributed by atoms with E-state index in [-0.39, 0.29) is 5.69 Å². The normalized spacial score (nSPS) is 10.3. The molecule has 0 atom stereocenters. The Morgan fingerprint density at radius 2 is 2.12 bits per heavy atom. The number of hydrogen-bond acceptors (Lipinski definition) is 3. The minimum atomic E-state index is -1.01. The van der Waals surface area contributed by atoms with Crippen LogP contribution >= 0.6 is 0 Å². The summed E-state index contributed by atoms with van der Waals surface area (Å²) in [7, 11) is 0. The molecular weight excluding hydrogens is 206 g/mol. The number of carboxylic acid groups (broad SMARTS) is 1. The summed E-state index contributed by atoms with van der Waals surface area (Å²) in [4.78, 5) is 21.7. The van der Waals surface area contributed by atoms with Crippen molar-refractivity contribution in [1.82, 2.24) is 15.0 Å². The van der Waals surface area contributed by atoms with Gasteiger partial charge in [-0.25, -0.2) is 9.78 Å². The SMILES string of the molecule is Cc1nc(C(=O)O)c(Cc2ccncc2)[nH]1. The van der Waals surface area contributed by atoms with E-state index in [2.05, 4.69) is 15.0 Å². The van der Waals surface area contributed by atoms with E-state index in [0.717, 1.165) is 5.56 Å². The predicted molar refractivity (Wildman–Crippen MR) is 57.3 cm³/mol. The second-order valence-electron chi connectivity index (χ2n) is 3.49. The van der Waals surface area contributed by atoms with Crippen LogP contribution in [0.15, 0.2) is 24.5 Å². The highest BCUT2D eigenvalue weighted by atomic mass is 16.4. The van der Waals surface area contributed by atoms with E-state index in [4.69, 9.17) is 5.11 Å². The van der Waals surface area contributed by atoms with Gasteiger partial charge in [0.25, 0.3) is 0 Å². The monoisotopic (exact) mass is 217 g/mol. The summed E-state index contributed by atoms with van der Waals surface area (Å²) in [5.41, 5.74) is 1.71. The van der Waals surface area contributed by atoms with Crippen LogP contribution in [-0.2, 0) is 6.42 Å². The van der Waals surface area contributed by atoms with E-state index in [1.54, 1.807) is 19.3 Å². The smallest absolute Gasteiger partial charge is 0.356 e. The Bertz CT molecular complexity index is 505. The van der Waals surface area contributed by atoms with Crippen molar-refractivity contribution in [1.29, 1.82) is 0 Å². The molecule has 0 amide bonds. The second-order valence-corrected chi connectivity index (χ2v) is 3.49. The number of rotatable bonds is 3. The van der Waals surface area contributed by atoms with E-state index in [1.807, 2.05) is 12.1 Å². The molecule has 0 spiro atoms. The maximum atomic E-state index is 10.9. The van der Waals surface area contributed by atoms with Gasteiger partial charge < -0.3 is 10.1 Å². The quantitative estimate of drug-likeness (QED) is 0.814. The van der Waals surface area contributed by atoms with Crippen LogP contribution in [-0.4, -0.2) is 26.0 Å². The third-order valence-electron chi connectivity index (χ3n) is 2.23. The molecule has 0 fully saturated rings. The zero-order valence-corrected chi connectivity index (χ0v) is 8.77. The summed E-state index contributed by atoms with van der Waals surface area (Å²) in [5, 5.41) is 8.96. The highest BCUT2D eigenvalue weighted by Gasteiger charge is 2.14. The Balaban J connectivity index is 2.31. The Hall–Kier alpha value is -2.17. The van der Waals surface area contributed by atoms with Crippen molar-refractivity contribution in [2.24, 2.45) is 0 Å². The van der Waals surface area contributed by atoms with Gasteiger partial charge in [0.05, 0.1) is 5.69 Å². The second kappa shape index (κ2) is 4.14. The van der Waals surface area contributed by atoms with Crippen molar-refractivity contribution in [2.75, 3.05) is 0 Å². The van der Waals surface area contributed by atoms with Crippen molar-refractivity contribution >= 4 is 5.97 Å². The molecule has 0 aromatic carbocycles. The Morgan fingerprint density at radius 1 is 1.44 bits per heavy atom. The molecule has 0 radical (unpaired) electrons. The molecule has 2 aromatic heterocycles. The van der Waals surface area contributed by atoms with Gasteiger partial charge in [-0.2, -0.15) is 0 Å². The summed E-state index contributed by atoms with van der Waals surface area (Å²) in [5.74, 6) is -0.394. The summed E-state index contributed by atoms with van der Waals surface area (Å²) >= 11 is 0. The van der Waals surface area contributed by atoms with Crippen molar-refractivity contribution < 1.29 is 9.90 Å². The largest absolute Gasteiger partial charge is 0.476 e. The van der Waals surface area contributed by atoms with E-state index >= 15 is 0 Å². The number of nitrogens with one attached hydrogen (secondary N) is 1. The molecule has 0 saturated heterocycles. The highest BCUT2D eigenvalue weighted by Crippen LogP contribution is 2.11. The minimum Gasteiger partial charge on any atom is -0.476 e. The average Bonchev–Trinajstić information content (AvgIpc) is 2.61. The molecule has 82 valence electrons. The molecule has 2 rings (SSSR count). The molecule has 0 bridgehead atoms. The van der Waals surface area contributed by atoms with E-state index in [0.29, 0.717) is 17.9 Å². The molecule has 0 aliphatic rings. The van der Waals surface area contributed by atoms with Gasteiger partial charge in [0.1, 0.15) is 5.82 Å². The highest BCUT2D eigenvalue weighted by molar-refractivity contribution is 5.86. The third-order valence-corrected chi connectivity index (χ3v) is 2.23. The standard InChI is InChI=1S/C11H11N3O2/c1-7-13-9(10(14-7)11(15)16)6-8-2-4-12-5-3-8/h2-5H,6H2,1H3,(H,13,14)(H,15,16). The van der Waals surface area contributed by atoms with Gasteiger partial charge in [-0.3, -0.25) is 4.98 Å². The van der Waals surface area contributed by atoms with Crippen LogP contribution in [0.5, 0.6) is 0 Å². The molecule has 5 nitrogen and oxygen atoms in total. The average molecular weight is 217 g/mol. The number of aromatic amines is 1. The molecule has 2 aromatic rings. The van der Waals surface area contributed by atoms with Gasteiger partial charge in [0.15, 0.2) is 5.69 Å². The topological polar surface area (TPSA) is 78.9 Å². The number of carboxylic acids is 1. The minimum absolute atomic E-state index is 0.0920. The Kier molecular flexibility index (Phi) is 2.68. The van der Waals surface area contributed by atoms with Crippen molar-refractivity contribution in [3.63, 3.8) is 0 Å². The number of aromatic carboxylic acids is 1. The van der Waals surface area contributed by atoms with Crippen LogP contribution in [0.2, 0.25) is 0 Å². The van der Waals surface area contributed by atoms with Crippen molar-refractivity contribution in [3.8, 4) is 0 Å². The van der Waals surface area contributed by atoms with Crippen LogP contribution in [0.25, 0.3) is 0 Å². The first-order valence-electron chi connectivity index (χ1n) is 4.84. The molecular formula is C11H11N3O2. The molecule has 5 heteroatoms. The van der Waals surface area contributed by atoms with Gasteiger partial charge in [-0.15, -0.1) is 0 Å². The fraction of sp³-hybridized carbons (Fsp3) is 0.182. The maximum Gasteiger partial charge on any atom is 0.356 e. The summed E-state index contributed by atoms with van der Waals surface area (Å²) < 4.78 is 0. The number of pyridine rings is 1. The lowest BCUT2D eigenvalue weighted by Gasteiger charge is -1.99. The van der Waals surface area contributed by atoms with E-state index < -0.39 is 5.97 Å². The first-order valence-corrected chi connectivity index (χ1v) is 4.84. The van der Waals surface area contributed by atoms with Crippen LogP contribution in [0.3, 0.4) is 0 Å². The Morgan fingerprint density at radius 3 is 2.75 bits per heavy atom. The van der Waals surface area contributed by atoms with Crippen LogP contribution < -0.4 is 0 Å². The van der Waals surface area contributed by atoms with Gasteiger partial charge >= 0.3 is 5.97 Å². The lowest BCUT2D eigenvalue weighted by Crippen LogP contribution is -2.02. The molecule has 2 heterocycles. The third kappa shape index (κ3) is 2.08. The van der Waals surface area contributed by atoms with Crippen LogP contribution in [0.1, 0.15) is 27.6 Å². The lowest BCUT2D eigenvalue weighted by molar-refractivity contribution is 0.0690. The van der Waals surface area contributed by atoms with Gasteiger partial charge in [-0.05, 0) is 24.6 Å². The van der Waals surface area contributed by atoms with Gasteiger partial charge in [0.2, 0.25) is 0 Å². The zero-order chi connectivity index (χ0) is 11.5. The molecule has 0 aliphatic carbocycles. The van der Waals surface area contributed by atoms with E-state index in [1.165, 1.54) is 0 Å². The number of aromatic nitrogens is 3. The molecule has 2 N–H and O–H groups in total. The van der Waals surface area contributed by atoms with Crippen molar-refractivity contribution in [2.45, 2.75) is 13.3 Å². The maximum absolute atomic E-state index is 10.9. The lowest BCUT2D eigenvalue weighted by atomic mass is 10.1. The predicted octanol–water partition coefficient (Wildman–Crippen LogP) is 1.40. The number of aryl methyl sites for hydroxylation is 1. The number of H-pyrrole nitrogens is 1. The Labute approximate surface area is 92.2 Å². The van der Waals surface area contributed by atoms with Crippen LogP contribution in [0.4, 0.5) is 0 Å². The first kappa shape index (κ1) is 10.4. The van der Waals surface area contributed by atoms with E-state index in [9.17, 15) is 4.79 Å². The molecule has 0 saturated carbocycles.